The number of hydrogen-bond acceptors (Lipinski definition) is 5. The molecule has 1 saturated heterocycles. The fourth-order valence-electron chi connectivity index (χ4n) is 3.69. The molecule has 7 heteroatoms. The number of likely N-dealkylation sites (tertiary alicyclic amines) is 1. The second-order valence-corrected chi connectivity index (χ2v) is 8.81. The van der Waals surface area contributed by atoms with Crippen LogP contribution >= 0.6 is 34.5 Å². The third-order valence-corrected chi connectivity index (χ3v) is 6.92. The van der Waals surface area contributed by atoms with Crippen molar-refractivity contribution in [1.29, 1.82) is 0 Å². The molecule has 1 aromatic heterocycles. The molecule has 0 N–H and O–H groups in total. The summed E-state index contributed by atoms with van der Waals surface area (Å²) in [6, 6.07) is 5.47. The topological polar surface area (TPSA) is 28.1 Å². The number of fused-ring (bicyclic) bond motifs is 1. The van der Waals surface area contributed by atoms with Gasteiger partial charge in [0.1, 0.15) is 18.5 Å². The van der Waals surface area contributed by atoms with Crippen LogP contribution in [0.15, 0.2) is 28.6 Å². The van der Waals surface area contributed by atoms with Gasteiger partial charge in [-0.05, 0) is 42.8 Å². The Labute approximate surface area is 174 Å². The van der Waals surface area contributed by atoms with Gasteiger partial charge in [-0.15, -0.1) is 11.3 Å². The maximum atomic E-state index is 6.09. The summed E-state index contributed by atoms with van der Waals surface area (Å²) in [5.41, 5.74) is 2.72. The Hall–Kier alpha value is -1.27. The third-order valence-electron chi connectivity index (χ3n) is 5.16. The van der Waals surface area contributed by atoms with Crippen molar-refractivity contribution in [1.82, 2.24) is 4.90 Å². The van der Waals surface area contributed by atoms with E-state index in [4.69, 9.17) is 27.9 Å². The number of hydrogen-bond donors (Lipinski definition) is 0. The molecule has 2 aromatic rings. The SMILES string of the molecule is Cc1csc2c1N(CCN1CCC(Oc3ccc(Cl)c(Cl)c3)CC1)CN=C2. The molecule has 144 valence electrons. The summed E-state index contributed by atoms with van der Waals surface area (Å²) in [5.74, 6) is 0.800. The van der Waals surface area contributed by atoms with Gasteiger partial charge in [0.2, 0.25) is 0 Å². The van der Waals surface area contributed by atoms with Crippen LogP contribution in [0.3, 0.4) is 0 Å². The summed E-state index contributed by atoms with van der Waals surface area (Å²) in [6.07, 6.45) is 4.31. The zero-order valence-electron chi connectivity index (χ0n) is 15.3. The van der Waals surface area contributed by atoms with Crippen molar-refractivity contribution >= 4 is 46.4 Å². The van der Waals surface area contributed by atoms with E-state index < -0.39 is 0 Å². The standard InChI is InChI=1S/C20H23Cl2N3OS/c1-14-12-27-19-11-23-13-25(20(14)19)9-8-24-6-4-15(5-7-24)26-16-2-3-17(21)18(22)10-16/h2-3,10-12,15H,4-9,13H2,1H3. The molecule has 4 rings (SSSR count). The van der Waals surface area contributed by atoms with Crippen molar-refractivity contribution in [2.24, 2.45) is 4.99 Å². The zero-order valence-corrected chi connectivity index (χ0v) is 17.7. The maximum Gasteiger partial charge on any atom is 0.121 e. The summed E-state index contributed by atoms with van der Waals surface area (Å²) in [5, 5.41) is 3.32. The summed E-state index contributed by atoms with van der Waals surface area (Å²) >= 11 is 13.8. The lowest BCUT2D eigenvalue weighted by Gasteiger charge is -2.34. The lowest BCUT2D eigenvalue weighted by molar-refractivity contribution is 0.102. The lowest BCUT2D eigenvalue weighted by atomic mass is 10.1. The summed E-state index contributed by atoms with van der Waals surface area (Å²) in [7, 11) is 0. The van der Waals surface area contributed by atoms with Crippen molar-refractivity contribution in [3.05, 3.63) is 44.1 Å². The normalized spacial score (nSPS) is 18.0. The first-order valence-corrected chi connectivity index (χ1v) is 10.9. The zero-order chi connectivity index (χ0) is 18.8. The van der Waals surface area contributed by atoms with Crippen LogP contribution in [0.2, 0.25) is 10.0 Å². The maximum absolute atomic E-state index is 6.09. The van der Waals surface area contributed by atoms with Gasteiger partial charge >= 0.3 is 0 Å². The number of anilines is 1. The molecule has 27 heavy (non-hydrogen) atoms. The average Bonchev–Trinajstić information content (AvgIpc) is 3.06. The van der Waals surface area contributed by atoms with Crippen molar-refractivity contribution in [2.75, 3.05) is 37.7 Å². The van der Waals surface area contributed by atoms with E-state index >= 15 is 0 Å². The van der Waals surface area contributed by atoms with E-state index in [1.165, 1.54) is 16.1 Å². The number of aryl methyl sites for hydroxylation is 1. The largest absolute Gasteiger partial charge is 0.490 e. The minimum atomic E-state index is 0.240. The van der Waals surface area contributed by atoms with Gasteiger partial charge < -0.3 is 14.5 Å². The van der Waals surface area contributed by atoms with Crippen LogP contribution in [0.1, 0.15) is 23.3 Å². The highest BCUT2D eigenvalue weighted by Gasteiger charge is 2.23. The summed E-state index contributed by atoms with van der Waals surface area (Å²) in [4.78, 5) is 10.7. The van der Waals surface area contributed by atoms with Crippen LogP contribution < -0.4 is 9.64 Å². The van der Waals surface area contributed by atoms with Gasteiger partial charge in [0.05, 0.1) is 20.6 Å². The molecule has 1 fully saturated rings. The molecule has 2 aliphatic rings. The fourth-order valence-corrected chi connectivity index (χ4v) is 4.93. The molecule has 0 spiro atoms. The highest BCUT2D eigenvalue weighted by Crippen LogP contribution is 2.32. The van der Waals surface area contributed by atoms with Crippen LogP contribution in [-0.4, -0.2) is 50.1 Å². The molecule has 0 saturated carbocycles. The van der Waals surface area contributed by atoms with Crippen molar-refractivity contribution in [3.63, 3.8) is 0 Å². The van der Waals surface area contributed by atoms with Gasteiger partial charge in [-0.1, -0.05) is 23.2 Å². The molecule has 0 radical (unpaired) electrons. The van der Waals surface area contributed by atoms with Crippen LogP contribution in [-0.2, 0) is 0 Å². The highest BCUT2D eigenvalue weighted by molar-refractivity contribution is 7.12. The number of aliphatic imine (C=N–C) groups is 1. The van der Waals surface area contributed by atoms with Crippen LogP contribution in [0, 0.1) is 6.92 Å². The van der Waals surface area contributed by atoms with E-state index in [-0.39, 0.29) is 6.10 Å². The second-order valence-electron chi connectivity index (χ2n) is 7.08. The second kappa shape index (κ2) is 8.39. The molecule has 0 atom stereocenters. The van der Waals surface area contributed by atoms with Gasteiger partial charge in [-0.2, -0.15) is 0 Å². The first-order valence-electron chi connectivity index (χ1n) is 9.27. The Morgan fingerprint density at radius 1 is 1.19 bits per heavy atom. The van der Waals surface area contributed by atoms with E-state index in [0.717, 1.165) is 51.4 Å². The van der Waals surface area contributed by atoms with Crippen LogP contribution in [0.25, 0.3) is 0 Å². The van der Waals surface area contributed by atoms with E-state index in [0.29, 0.717) is 10.0 Å². The number of rotatable bonds is 5. The average molecular weight is 424 g/mol. The molecule has 0 bridgehead atoms. The van der Waals surface area contributed by atoms with E-state index in [2.05, 4.69) is 27.1 Å². The van der Waals surface area contributed by atoms with Crippen molar-refractivity contribution in [2.45, 2.75) is 25.9 Å². The number of thiophene rings is 1. The Morgan fingerprint density at radius 2 is 2.00 bits per heavy atom. The quantitative estimate of drug-likeness (QED) is 0.668. The first-order chi connectivity index (χ1) is 13.1. The predicted octanol–water partition coefficient (Wildman–Crippen LogP) is 5.10. The van der Waals surface area contributed by atoms with Gasteiger partial charge in [-0.25, -0.2) is 0 Å². The Balaban J connectivity index is 1.26. The molecular formula is C20H23Cl2N3OS. The first kappa shape index (κ1) is 19.1. The lowest BCUT2D eigenvalue weighted by Crippen LogP contribution is -2.42. The Kier molecular flexibility index (Phi) is 5.93. The number of halogens is 2. The number of benzene rings is 1. The van der Waals surface area contributed by atoms with Crippen LogP contribution in [0.5, 0.6) is 5.75 Å². The summed E-state index contributed by atoms with van der Waals surface area (Å²) in [6.45, 7) is 7.13. The number of ether oxygens (including phenoxy) is 1. The number of piperidine rings is 1. The van der Waals surface area contributed by atoms with E-state index in [1.807, 2.05) is 12.3 Å². The van der Waals surface area contributed by atoms with E-state index in [1.54, 1.807) is 23.5 Å². The molecule has 0 aliphatic carbocycles. The molecule has 0 unspecified atom stereocenters. The highest BCUT2D eigenvalue weighted by atomic mass is 35.5. The molecule has 2 aliphatic heterocycles. The van der Waals surface area contributed by atoms with Crippen molar-refractivity contribution < 1.29 is 4.74 Å². The molecule has 1 aromatic carbocycles. The monoisotopic (exact) mass is 423 g/mol. The van der Waals surface area contributed by atoms with Gasteiger partial charge in [0, 0.05) is 38.5 Å². The number of nitrogens with zero attached hydrogens (tertiary/aromatic N) is 3. The Bertz CT molecular complexity index is 831. The van der Waals surface area contributed by atoms with Crippen molar-refractivity contribution in [3.8, 4) is 5.75 Å². The Morgan fingerprint density at radius 3 is 2.78 bits per heavy atom. The van der Waals surface area contributed by atoms with Gasteiger partial charge in [0.25, 0.3) is 0 Å². The molecule has 0 amide bonds. The van der Waals surface area contributed by atoms with Crippen LogP contribution in [0.4, 0.5) is 5.69 Å². The van der Waals surface area contributed by atoms with Gasteiger partial charge in [0.15, 0.2) is 0 Å². The molecular weight excluding hydrogens is 401 g/mol. The van der Waals surface area contributed by atoms with Gasteiger partial charge in [-0.3, -0.25) is 4.99 Å². The molecule has 4 nitrogen and oxygen atoms in total. The summed E-state index contributed by atoms with van der Waals surface area (Å²) < 4.78 is 6.09. The smallest absolute Gasteiger partial charge is 0.121 e. The molecule has 3 heterocycles. The third kappa shape index (κ3) is 4.43. The minimum absolute atomic E-state index is 0.240. The minimum Gasteiger partial charge on any atom is -0.490 e. The predicted molar refractivity (Wildman–Crippen MR) is 115 cm³/mol. The van der Waals surface area contributed by atoms with E-state index in [9.17, 15) is 0 Å². The fraction of sp³-hybridized carbons (Fsp3) is 0.450.